The summed E-state index contributed by atoms with van der Waals surface area (Å²) in [5.74, 6) is 0.634. The number of benzene rings is 3. The minimum absolute atomic E-state index is 0.00271. The van der Waals surface area contributed by atoms with E-state index in [2.05, 4.69) is 5.32 Å². The van der Waals surface area contributed by atoms with Crippen LogP contribution in [0.1, 0.15) is 22.8 Å². The molecule has 152 valence electrons. The molecule has 0 saturated heterocycles. The smallest absolute Gasteiger partial charge is 0.161 e. The Labute approximate surface area is 174 Å². The van der Waals surface area contributed by atoms with Gasteiger partial charge in [0.15, 0.2) is 11.5 Å². The van der Waals surface area contributed by atoms with Crippen LogP contribution in [-0.2, 0) is 13.2 Å². The second-order valence-electron chi connectivity index (χ2n) is 6.53. The molecule has 1 atom stereocenters. The molecule has 0 amide bonds. The Kier molecular flexibility index (Phi) is 7.47. The van der Waals surface area contributed by atoms with Crippen LogP contribution >= 0.6 is 11.6 Å². The predicted octanol–water partition coefficient (Wildman–Crippen LogP) is 4.89. The summed E-state index contributed by atoms with van der Waals surface area (Å²) in [6.45, 7) is 0.985. The van der Waals surface area contributed by atoms with Crippen molar-refractivity contribution in [3.05, 3.63) is 94.3 Å². The fourth-order valence-corrected chi connectivity index (χ4v) is 3.13. The van der Waals surface area contributed by atoms with Crippen LogP contribution in [0.15, 0.2) is 66.7 Å². The average molecular weight is 416 g/mol. The van der Waals surface area contributed by atoms with Crippen LogP contribution in [0.2, 0.25) is 5.02 Å². The van der Waals surface area contributed by atoms with E-state index in [-0.39, 0.29) is 6.61 Å². The second-order valence-corrected chi connectivity index (χ2v) is 6.94. The SMILES string of the molecule is COc1cc(CNC[C@@H](O)c2ccccc2)ccc1OCc1c(F)cccc1Cl. The Balaban J connectivity index is 1.58. The second kappa shape index (κ2) is 10.3. The van der Waals surface area contributed by atoms with Crippen LogP contribution in [-0.4, -0.2) is 18.8 Å². The van der Waals surface area contributed by atoms with Crippen molar-refractivity contribution in [3.63, 3.8) is 0 Å². The monoisotopic (exact) mass is 415 g/mol. The largest absolute Gasteiger partial charge is 0.493 e. The number of nitrogens with one attached hydrogen (secondary N) is 1. The fourth-order valence-electron chi connectivity index (χ4n) is 2.91. The van der Waals surface area contributed by atoms with Gasteiger partial charge in [-0.2, -0.15) is 0 Å². The molecule has 29 heavy (non-hydrogen) atoms. The van der Waals surface area contributed by atoms with Crippen LogP contribution in [0, 0.1) is 5.82 Å². The summed E-state index contributed by atoms with van der Waals surface area (Å²) in [5.41, 5.74) is 2.14. The summed E-state index contributed by atoms with van der Waals surface area (Å²) in [5, 5.41) is 13.8. The molecule has 0 unspecified atom stereocenters. The number of methoxy groups -OCH3 is 1. The molecule has 0 aliphatic heterocycles. The fraction of sp³-hybridized carbons (Fsp3) is 0.217. The molecule has 0 aliphatic rings. The van der Waals surface area contributed by atoms with E-state index < -0.39 is 11.9 Å². The molecule has 3 aromatic rings. The van der Waals surface area contributed by atoms with Crippen LogP contribution in [0.25, 0.3) is 0 Å². The van der Waals surface area contributed by atoms with Crippen LogP contribution in [0.5, 0.6) is 11.5 Å². The number of aliphatic hydroxyl groups is 1. The number of rotatable bonds is 9. The minimum Gasteiger partial charge on any atom is -0.493 e. The topological polar surface area (TPSA) is 50.7 Å². The maximum atomic E-state index is 13.9. The zero-order valence-corrected chi connectivity index (χ0v) is 16.8. The number of ether oxygens (including phenoxy) is 2. The first-order valence-electron chi connectivity index (χ1n) is 9.25. The Bertz CT molecular complexity index is 916. The average Bonchev–Trinajstić information content (AvgIpc) is 2.74. The highest BCUT2D eigenvalue weighted by atomic mass is 35.5. The third-order valence-electron chi connectivity index (χ3n) is 4.51. The van der Waals surface area contributed by atoms with Crippen molar-refractivity contribution in [1.29, 1.82) is 0 Å². The standard InChI is InChI=1S/C23H23ClFNO3/c1-28-23-12-16(13-26-14-21(27)17-6-3-2-4-7-17)10-11-22(23)29-15-18-19(24)8-5-9-20(18)25/h2-12,21,26-27H,13-15H2,1H3/t21-/m1/s1. The quantitative estimate of drug-likeness (QED) is 0.522. The van der Waals surface area contributed by atoms with Gasteiger partial charge in [-0.3, -0.25) is 0 Å². The normalized spacial score (nSPS) is 11.9. The summed E-state index contributed by atoms with van der Waals surface area (Å²) < 4.78 is 25.0. The minimum atomic E-state index is -0.578. The van der Waals surface area contributed by atoms with Gasteiger partial charge in [0.05, 0.1) is 18.2 Å². The van der Waals surface area contributed by atoms with Crippen molar-refractivity contribution in [2.75, 3.05) is 13.7 Å². The van der Waals surface area contributed by atoms with Gasteiger partial charge in [0.25, 0.3) is 0 Å². The van der Waals surface area contributed by atoms with E-state index in [9.17, 15) is 9.50 Å². The molecule has 0 spiro atoms. The molecular formula is C23H23ClFNO3. The van der Waals surface area contributed by atoms with Crippen molar-refractivity contribution >= 4 is 11.6 Å². The van der Waals surface area contributed by atoms with Crippen LogP contribution in [0.4, 0.5) is 4.39 Å². The molecule has 0 fully saturated rings. The first-order valence-corrected chi connectivity index (χ1v) is 9.62. The van der Waals surface area contributed by atoms with Gasteiger partial charge in [0.2, 0.25) is 0 Å². The summed E-state index contributed by atoms with van der Waals surface area (Å²) in [6.07, 6.45) is -0.578. The molecule has 3 rings (SSSR count). The number of halogens is 2. The van der Waals surface area contributed by atoms with Gasteiger partial charge in [-0.15, -0.1) is 0 Å². The molecule has 3 aromatic carbocycles. The lowest BCUT2D eigenvalue weighted by Gasteiger charge is -2.15. The number of aliphatic hydroxyl groups excluding tert-OH is 1. The van der Waals surface area contributed by atoms with E-state index in [1.807, 2.05) is 42.5 Å². The van der Waals surface area contributed by atoms with Crippen LogP contribution in [0.3, 0.4) is 0 Å². The molecule has 2 N–H and O–H groups in total. The van der Waals surface area contributed by atoms with Gasteiger partial charge >= 0.3 is 0 Å². The van der Waals surface area contributed by atoms with Crippen molar-refractivity contribution in [2.45, 2.75) is 19.3 Å². The molecule has 0 aromatic heterocycles. The van der Waals surface area contributed by atoms with E-state index in [4.69, 9.17) is 21.1 Å². The molecule has 6 heteroatoms. The zero-order chi connectivity index (χ0) is 20.6. The highest BCUT2D eigenvalue weighted by molar-refractivity contribution is 6.31. The summed E-state index contributed by atoms with van der Waals surface area (Å²) in [6, 6.07) is 19.5. The molecule has 0 bridgehead atoms. The summed E-state index contributed by atoms with van der Waals surface area (Å²) in [7, 11) is 1.55. The van der Waals surface area contributed by atoms with E-state index >= 15 is 0 Å². The highest BCUT2D eigenvalue weighted by Crippen LogP contribution is 2.30. The van der Waals surface area contributed by atoms with Gasteiger partial charge in [-0.1, -0.05) is 54.1 Å². The lowest BCUT2D eigenvalue weighted by Crippen LogP contribution is -2.21. The number of hydrogen-bond acceptors (Lipinski definition) is 4. The van der Waals surface area contributed by atoms with E-state index in [0.717, 1.165) is 11.1 Å². The molecule has 0 heterocycles. The van der Waals surface area contributed by atoms with Gasteiger partial charge in [-0.25, -0.2) is 4.39 Å². The highest BCUT2D eigenvalue weighted by Gasteiger charge is 2.11. The Morgan fingerprint density at radius 1 is 1.03 bits per heavy atom. The Morgan fingerprint density at radius 3 is 2.55 bits per heavy atom. The first kappa shape index (κ1) is 21.1. The lowest BCUT2D eigenvalue weighted by molar-refractivity contribution is 0.174. The van der Waals surface area contributed by atoms with Crippen molar-refractivity contribution in [1.82, 2.24) is 5.32 Å². The maximum absolute atomic E-state index is 13.9. The maximum Gasteiger partial charge on any atom is 0.161 e. The van der Waals surface area contributed by atoms with E-state index in [1.54, 1.807) is 25.3 Å². The Hall–Kier alpha value is -2.60. The molecule has 0 radical (unpaired) electrons. The van der Waals surface area contributed by atoms with E-state index in [0.29, 0.717) is 35.2 Å². The number of hydrogen-bond donors (Lipinski definition) is 2. The van der Waals surface area contributed by atoms with Crippen molar-refractivity contribution in [3.8, 4) is 11.5 Å². The van der Waals surface area contributed by atoms with Gasteiger partial charge in [-0.05, 0) is 35.4 Å². The summed E-state index contributed by atoms with van der Waals surface area (Å²) >= 11 is 6.04. The molecule has 4 nitrogen and oxygen atoms in total. The van der Waals surface area contributed by atoms with Gasteiger partial charge < -0.3 is 19.9 Å². The third-order valence-corrected chi connectivity index (χ3v) is 4.87. The summed E-state index contributed by atoms with van der Waals surface area (Å²) in [4.78, 5) is 0. The van der Waals surface area contributed by atoms with E-state index in [1.165, 1.54) is 6.07 Å². The third kappa shape index (κ3) is 5.70. The van der Waals surface area contributed by atoms with Crippen molar-refractivity contribution in [2.24, 2.45) is 0 Å². The van der Waals surface area contributed by atoms with Gasteiger partial charge in [0, 0.05) is 18.7 Å². The van der Waals surface area contributed by atoms with Crippen LogP contribution < -0.4 is 14.8 Å². The molecule has 0 aliphatic carbocycles. The van der Waals surface area contributed by atoms with Gasteiger partial charge in [0.1, 0.15) is 12.4 Å². The predicted molar refractivity (Wildman–Crippen MR) is 112 cm³/mol. The lowest BCUT2D eigenvalue weighted by atomic mass is 10.1. The van der Waals surface area contributed by atoms with Crippen molar-refractivity contribution < 1.29 is 19.0 Å². The Morgan fingerprint density at radius 2 is 1.83 bits per heavy atom. The first-order chi connectivity index (χ1) is 14.1. The molecular weight excluding hydrogens is 393 g/mol. The zero-order valence-electron chi connectivity index (χ0n) is 16.1. The molecule has 0 saturated carbocycles.